The van der Waals surface area contributed by atoms with Crippen LogP contribution in [-0.4, -0.2) is 57.1 Å². The van der Waals surface area contributed by atoms with Crippen molar-refractivity contribution >= 4 is 27.5 Å². The number of hydrogen-bond donors (Lipinski definition) is 1. The van der Waals surface area contributed by atoms with E-state index in [1.165, 1.54) is 4.90 Å². The van der Waals surface area contributed by atoms with Crippen molar-refractivity contribution in [3.8, 4) is 5.75 Å². The van der Waals surface area contributed by atoms with Gasteiger partial charge in [0, 0.05) is 12.6 Å². The van der Waals surface area contributed by atoms with Crippen molar-refractivity contribution in [1.82, 2.24) is 10.2 Å². The van der Waals surface area contributed by atoms with Crippen LogP contribution < -0.4 is 14.4 Å². The molecule has 2 aromatic carbocycles. The number of carbonyl (C=O) groups is 2. The van der Waals surface area contributed by atoms with E-state index in [-0.39, 0.29) is 18.5 Å². The molecule has 202 valence electrons. The molecule has 1 fully saturated rings. The second-order valence-electron chi connectivity index (χ2n) is 9.54. The van der Waals surface area contributed by atoms with E-state index in [1.807, 2.05) is 50.2 Å². The predicted molar refractivity (Wildman–Crippen MR) is 146 cm³/mol. The standard InChI is InChI=1S/C28H39N3O5S/c1-5-22-13-7-10-17-26(22)31(37(4,34)35)20-27(32)30(19-21-12-11-16-24(18-21)36-3)25(6-2)28(33)29-23-14-8-9-15-23/h7,10-13,16-18,23,25H,5-6,8-9,14-15,19-20H2,1-4H3,(H,29,33)/t25-/m0/s1. The maximum absolute atomic E-state index is 13.9. The van der Waals surface area contributed by atoms with Crippen LogP contribution in [0.4, 0.5) is 5.69 Å². The lowest BCUT2D eigenvalue weighted by Gasteiger charge is -2.33. The molecule has 1 aliphatic rings. The number of carbonyl (C=O) groups excluding carboxylic acids is 2. The van der Waals surface area contributed by atoms with Gasteiger partial charge in [-0.3, -0.25) is 13.9 Å². The van der Waals surface area contributed by atoms with Crippen molar-refractivity contribution in [2.45, 2.75) is 71.0 Å². The number of amides is 2. The second-order valence-corrected chi connectivity index (χ2v) is 11.4. The Hall–Kier alpha value is -3.07. The molecule has 37 heavy (non-hydrogen) atoms. The van der Waals surface area contributed by atoms with E-state index in [4.69, 9.17) is 4.74 Å². The number of ether oxygens (including phenoxy) is 1. The Bertz CT molecular complexity index is 1180. The van der Waals surface area contributed by atoms with Crippen molar-refractivity contribution in [2.24, 2.45) is 0 Å². The number of nitrogens with one attached hydrogen (secondary N) is 1. The van der Waals surface area contributed by atoms with Gasteiger partial charge in [0.2, 0.25) is 21.8 Å². The highest BCUT2D eigenvalue weighted by atomic mass is 32.2. The third kappa shape index (κ3) is 7.47. The van der Waals surface area contributed by atoms with E-state index in [9.17, 15) is 18.0 Å². The van der Waals surface area contributed by atoms with Crippen LogP contribution in [0.2, 0.25) is 0 Å². The zero-order valence-electron chi connectivity index (χ0n) is 22.3. The molecule has 3 rings (SSSR count). The van der Waals surface area contributed by atoms with Gasteiger partial charge in [0.05, 0.1) is 19.1 Å². The van der Waals surface area contributed by atoms with E-state index < -0.39 is 28.5 Å². The summed E-state index contributed by atoms with van der Waals surface area (Å²) in [5.74, 6) is 0.000994. The zero-order chi connectivity index (χ0) is 27.0. The lowest BCUT2D eigenvalue weighted by Crippen LogP contribution is -2.53. The molecule has 0 aliphatic heterocycles. The molecule has 0 spiro atoms. The molecule has 1 N–H and O–H groups in total. The molecule has 1 aliphatic carbocycles. The molecule has 0 aromatic heterocycles. The van der Waals surface area contributed by atoms with Gasteiger partial charge in [0.25, 0.3) is 0 Å². The van der Waals surface area contributed by atoms with Crippen LogP contribution in [0.25, 0.3) is 0 Å². The second kappa shape index (κ2) is 12.9. The molecule has 1 atom stereocenters. The summed E-state index contributed by atoms with van der Waals surface area (Å²) < 4.78 is 32.2. The molecular weight excluding hydrogens is 490 g/mol. The maximum Gasteiger partial charge on any atom is 0.244 e. The minimum atomic E-state index is -3.77. The summed E-state index contributed by atoms with van der Waals surface area (Å²) in [6.07, 6.45) is 6.14. The molecule has 0 heterocycles. The lowest BCUT2D eigenvalue weighted by molar-refractivity contribution is -0.140. The van der Waals surface area contributed by atoms with Gasteiger partial charge in [0.1, 0.15) is 18.3 Å². The first-order valence-corrected chi connectivity index (χ1v) is 14.8. The Morgan fingerprint density at radius 3 is 2.41 bits per heavy atom. The quantitative estimate of drug-likeness (QED) is 0.450. The Morgan fingerprint density at radius 2 is 1.78 bits per heavy atom. The van der Waals surface area contributed by atoms with Crippen molar-refractivity contribution in [1.29, 1.82) is 0 Å². The Balaban J connectivity index is 1.96. The third-order valence-electron chi connectivity index (χ3n) is 6.89. The molecule has 8 nitrogen and oxygen atoms in total. The molecule has 0 bridgehead atoms. The fraction of sp³-hybridized carbons (Fsp3) is 0.500. The number of rotatable bonds is 12. The van der Waals surface area contributed by atoms with Gasteiger partial charge in [-0.25, -0.2) is 8.42 Å². The van der Waals surface area contributed by atoms with Crippen molar-refractivity contribution in [2.75, 3.05) is 24.2 Å². The summed E-state index contributed by atoms with van der Waals surface area (Å²) >= 11 is 0. The molecule has 1 saturated carbocycles. The first kappa shape index (κ1) is 28.5. The van der Waals surface area contributed by atoms with Gasteiger partial charge < -0.3 is 15.0 Å². The first-order chi connectivity index (χ1) is 17.7. The highest BCUT2D eigenvalue weighted by Crippen LogP contribution is 2.25. The minimum Gasteiger partial charge on any atom is -0.497 e. The maximum atomic E-state index is 13.9. The highest BCUT2D eigenvalue weighted by Gasteiger charge is 2.33. The lowest BCUT2D eigenvalue weighted by atomic mass is 10.1. The van der Waals surface area contributed by atoms with E-state index in [0.29, 0.717) is 24.3 Å². The Morgan fingerprint density at radius 1 is 1.08 bits per heavy atom. The van der Waals surface area contributed by atoms with Crippen molar-refractivity contribution in [3.05, 3.63) is 59.7 Å². The van der Waals surface area contributed by atoms with Crippen LogP contribution in [0.3, 0.4) is 0 Å². The summed E-state index contributed by atoms with van der Waals surface area (Å²) in [5, 5.41) is 3.12. The average molecular weight is 530 g/mol. The monoisotopic (exact) mass is 529 g/mol. The Labute approximate surface area is 221 Å². The van der Waals surface area contributed by atoms with Crippen LogP contribution in [0, 0.1) is 0 Å². The fourth-order valence-corrected chi connectivity index (χ4v) is 5.78. The highest BCUT2D eigenvalue weighted by molar-refractivity contribution is 7.92. The van der Waals surface area contributed by atoms with E-state index in [2.05, 4.69) is 5.32 Å². The number of sulfonamides is 1. The largest absolute Gasteiger partial charge is 0.497 e. The summed E-state index contributed by atoms with van der Waals surface area (Å²) in [6, 6.07) is 13.9. The van der Waals surface area contributed by atoms with E-state index >= 15 is 0 Å². The number of aryl methyl sites for hydroxylation is 1. The fourth-order valence-electron chi connectivity index (χ4n) is 4.90. The van der Waals surface area contributed by atoms with Crippen molar-refractivity contribution < 1.29 is 22.7 Å². The van der Waals surface area contributed by atoms with Crippen LogP contribution in [-0.2, 0) is 32.6 Å². The van der Waals surface area contributed by atoms with Crippen LogP contribution >= 0.6 is 0 Å². The van der Waals surface area contributed by atoms with Crippen LogP contribution in [0.5, 0.6) is 5.75 Å². The normalized spacial score (nSPS) is 14.7. The minimum absolute atomic E-state index is 0.110. The molecule has 0 radical (unpaired) electrons. The Kier molecular flexibility index (Phi) is 9.97. The van der Waals surface area contributed by atoms with Gasteiger partial charge in [-0.2, -0.15) is 0 Å². The molecule has 2 aromatic rings. The van der Waals surface area contributed by atoms with Gasteiger partial charge in [-0.15, -0.1) is 0 Å². The summed E-state index contributed by atoms with van der Waals surface area (Å²) in [4.78, 5) is 28.8. The summed E-state index contributed by atoms with van der Waals surface area (Å²) in [5.41, 5.74) is 2.09. The molecular formula is C28H39N3O5S. The van der Waals surface area contributed by atoms with Gasteiger partial charge in [0.15, 0.2) is 0 Å². The average Bonchev–Trinajstić information content (AvgIpc) is 3.39. The first-order valence-electron chi connectivity index (χ1n) is 13.0. The van der Waals surface area contributed by atoms with E-state index in [0.717, 1.165) is 47.4 Å². The zero-order valence-corrected chi connectivity index (χ0v) is 23.1. The number of anilines is 1. The van der Waals surface area contributed by atoms with Crippen molar-refractivity contribution in [3.63, 3.8) is 0 Å². The SMILES string of the molecule is CCc1ccccc1N(CC(=O)N(Cc1cccc(OC)c1)[C@@H](CC)C(=O)NC1CCCC1)S(C)(=O)=O. The summed E-state index contributed by atoms with van der Waals surface area (Å²) in [6.45, 7) is 3.56. The molecule has 0 saturated heterocycles. The number of benzene rings is 2. The van der Waals surface area contributed by atoms with Gasteiger partial charge >= 0.3 is 0 Å². The molecule has 0 unspecified atom stereocenters. The number of nitrogens with zero attached hydrogens (tertiary/aromatic N) is 2. The van der Waals surface area contributed by atoms with Crippen LogP contribution in [0.1, 0.15) is 57.1 Å². The summed E-state index contributed by atoms with van der Waals surface area (Å²) in [7, 11) is -2.20. The smallest absolute Gasteiger partial charge is 0.244 e. The van der Waals surface area contributed by atoms with Gasteiger partial charge in [-0.1, -0.05) is 57.0 Å². The molecule has 2 amide bonds. The van der Waals surface area contributed by atoms with Gasteiger partial charge in [-0.05, 0) is 55.0 Å². The number of methoxy groups -OCH3 is 1. The third-order valence-corrected chi connectivity index (χ3v) is 8.02. The van der Waals surface area contributed by atoms with Crippen LogP contribution in [0.15, 0.2) is 48.5 Å². The topological polar surface area (TPSA) is 96.0 Å². The molecule has 9 heteroatoms. The number of para-hydroxylation sites is 1. The number of hydrogen-bond acceptors (Lipinski definition) is 5. The predicted octanol–water partition coefficient (Wildman–Crippen LogP) is 3.89. The van der Waals surface area contributed by atoms with E-state index in [1.54, 1.807) is 19.2 Å².